The molecule has 1 aliphatic carbocycles. The number of rotatable bonds is 15. The third kappa shape index (κ3) is 8.86. The summed E-state index contributed by atoms with van der Waals surface area (Å²) in [5.41, 5.74) is 9.73. The molecule has 3 fully saturated rings. The fourth-order valence-electron chi connectivity index (χ4n) is 7.71. The summed E-state index contributed by atoms with van der Waals surface area (Å²) in [5.74, 6) is 0.0801. The first-order chi connectivity index (χ1) is 22.2. The molecule has 1 aromatic carbocycles. The smallest absolute Gasteiger partial charge is 0.329 e. The molecule has 11 nitrogen and oxygen atoms in total. The van der Waals surface area contributed by atoms with Crippen molar-refractivity contribution in [1.29, 1.82) is 0 Å². The number of hydrogen-bond donors (Lipinski definition) is 3. The van der Waals surface area contributed by atoms with E-state index in [1.807, 2.05) is 6.07 Å². The number of benzene rings is 1. The first kappa shape index (κ1) is 34.8. The lowest BCUT2D eigenvalue weighted by molar-refractivity contribution is -0.135. The van der Waals surface area contributed by atoms with Crippen molar-refractivity contribution in [2.45, 2.75) is 109 Å². The Morgan fingerprint density at radius 3 is 2.61 bits per heavy atom. The predicted octanol–water partition coefficient (Wildman–Crippen LogP) is 3.11. The lowest BCUT2D eigenvalue weighted by atomic mass is 9.86. The zero-order chi connectivity index (χ0) is 32.6. The molecule has 0 spiro atoms. The molecule has 1 aromatic heterocycles. The van der Waals surface area contributed by atoms with Crippen LogP contribution in [0.15, 0.2) is 23.0 Å². The van der Waals surface area contributed by atoms with Gasteiger partial charge in [-0.2, -0.15) is 0 Å². The van der Waals surface area contributed by atoms with E-state index >= 15 is 0 Å². The second kappa shape index (κ2) is 16.5. The van der Waals surface area contributed by atoms with Crippen molar-refractivity contribution in [3.8, 4) is 0 Å². The zero-order valence-corrected chi connectivity index (χ0v) is 28.6. The van der Waals surface area contributed by atoms with E-state index in [9.17, 15) is 14.4 Å². The van der Waals surface area contributed by atoms with Gasteiger partial charge in [0.1, 0.15) is 6.04 Å². The summed E-state index contributed by atoms with van der Waals surface area (Å²) in [6, 6.07) is 6.61. The Hall–Kier alpha value is -2.57. The summed E-state index contributed by atoms with van der Waals surface area (Å²) in [7, 11) is 4.00. The summed E-state index contributed by atoms with van der Waals surface area (Å²) >= 11 is 0. The van der Waals surface area contributed by atoms with Gasteiger partial charge in [-0.1, -0.05) is 26.3 Å². The number of amides is 2. The van der Waals surface area contributed by atoms with Crippen LogP contribution >= 0.6 is 0 Å². The molecular weight excluding hydrogens is 582 g/mol. The maximum absolute atomic E-state index is 13.1. The molecule has 46 heavy (non-hydrogen) atoms. The van der Waals surface area contributed by atoms with Crippen molar-refractivity contribution in [2.75, 3.05) is 46.4 Å². The number of nitrogens with zero attached hydrogens (tertiary/aromatic N) is 4. The van der Waals surface area contributed by atoms with Crippen molar-refractivity contribution in [3.05, 3.63) is 34.2 Å². The van der Waals surface area contributed by atoms with Crippen LogP contribution in [0.2, 0.25) is 0 Å². The number of morpholine rings is 1. The number of carbonyl (C=O) groups is 2. The summed E-state index contributed by atoms with van der Waals surface area (Å²) in [5, 5.41) is 2.38. The molecule has 2 unspecified atom stereocenters. The summed E-state index contributed by atoms with van der Waals surface area (Å²) in [6.07, 6.45) is 11.5. The molecule has 3 atom stereocenters. The Morgan fingerprint density at radius 2 is 1.87 bits per heavy atom. The first-order valence-electron chi connectivity index (χ1n) is 17.8. The van der Waals surface area contributed by atoms with Gasteiger partial charge in [0.25, 0.3) is 0 Å². The largest absolute Gasteiger partial charge is 0.374 e. The number of hydrogen-bond acceptors (Lipinski definition) is 8. The van der Waals surface area contributed by atoms with Gasteiger partial charge < -0.3 is 9.64 Å². The Labute approximate surface area is 274 Å². The Balaban J connectivity index is 1.04. The number of aromatic nitrogens is 2. The quantitative estimate of drug-likeness (QED) is 0.201. The summed E-state index contributed by atoms with van der Waals surface area (Å²) in [6.45, 7) is 10.4. The fourth-order valence-corrected chi connectivity index (χ4v) is 7.71. The topological polar surface area (TPSA) is 113 Å². The zero-order valence-electron chi connectivity index (χ0n) is 28.6. The minimum Gasteiger partial charge on any atom is -0.374 e. The molecule has 11 heteroatoms. The minimum atomic E-state index is -0.656. The first-order valence-corrected chi connectivity index (χ1v) is 17.8. The van der Waals surface area contributed by atoms with Gasteiger partial charge in [-0.05, 0) is 95.0 Å². The molecule has 3 heterocycles. The van der Waals surface area contributed by atoms with Crippen LogP contribution in [0, 0.1) is 5.92 Å². The third-order valence-corrected chi connectivity index (χ3v) is 10.4. The maximum Gasteiger partial charge on any atom is 0.329 e. The van der Waals surface area contributed by atoms with Crippen molar-refractivity contribution < 1.29 is 14.3 Å². The minimum absolute atomic E-state index is 0.226. The highest BCUT2D eigenvalue weighted by molar-refractivity contribution is 6.00. The summed E-state index contributed by atoms with van der Waals surface area (Å²) < 4.78 is 9.35. The molecule has 3 N–H and O–H groups in total. The van der Waals surface area contributed by atoms with Gasteiger partial charge in [-0.3, -0.25) is 39.8 Å². The number of fused-ring (bicyclic) bond motifs is 1. The number of hydrazine groups is 1. The van der Waals surface area contributed by atoms with Crippen molar-refractivity contribution in [3.63, 3.8) is 0 Å². The van der Waals surface area contributed by atoms with Crippen LogP contribution in [0.25, 0.3) is 11.0 Å². The van der Waals surface area contributed by atoms with E-state index in [1.165, 1.54) is 50.5 Å². The maximum atomic E-state index is 13.1. The van der Waals surface area contributed by atoms with Crippen molar-refractivity contribution in [1.82, 2.24) is 35.1 Å². The second-order valence-electron chi connectivity index (χ2n) is 14.0. The summed E-state index contributed by atoms with van der Waals surface area (Å²) in [4.78, 5) is 42.2. The third-order valence-electron chi connectivity index (χ3n) is 10.4. The SMILES string of the molecule is CCCC(CC)NNC1CCC(CN(C)C[C@@H]2CN(CCCc3ccc4c(c3)n(C)c(=O)n4C3CCC(=O)NC3=O)CCO2)CC1. The average molecular weight is 640 g/mol. The van der Waals surface area contributed by atoms with Gasteiger partial charge in [0, 0.05) is 51.7 Å². The van der Waals surface area contributed by atoms with Crippen molar-refractivity contribution >= 4 is 22.8 Å². The highest BCUT2D eigenvalue weighted by atomic mass is 16.5. The van der Waals surface area contributed by atoms with Gasteiger partial charge in [-0.25, -0.2) is 4.79 Å². The molecule has 3 aliphatic rings. The van der Waals surface area contributed by atoms with E-state index in [4.69, 9.17) is 4.74 Å². The van der Waals surface area contributed by atoms with Crippen LogP contribution in [0.5, 0.6) is 0 Å². The van der Waals surface area contributed by atoms with Gasteiger partial charge in [-0.15, -0.1) is 0 Å². The van der Waals surface area contributed by atoms with Crippen LogP contribution in [0.4, 0.5) is 0 Å². The number of ether oxygens (including phenoxy) is 1. The molecule has 1 saturated carbocycles. The monoisotopic (exact) mass is 639 g/mol. The van der Waals surface area contributed by atoms with E-state index in [1.54, 1.807) is 16.2 Å². The van der Waals surface area contributed by atoms with E-state index in [2.05, 4.69) is 59.0 Å². The highest BCUT2D eigenvalue weighted by Gasteiger charge is 2.31. The normalized spacial score (nSPS) is 25.3. The van der Waals surface area contributed by atoms with E-state index in [0.29, 0.717) is 18.5 Å². The predicted molar refractivity (Wildman–Crippen MR) is 182 cm³/mol. The second-order valence-corrected chi connectivity index (χ2v) is 14.0. The number of likely N-dealkylation sites (N-methyl/N-ethyl adjacent to an activating group) is 1. The van der Waals surface area contributed by atoms with Gasteiger partial charge in [0.05, 0.1) is 23.7 Å². The van der Waals surface area contributed by atoms with E-state index in [0.717, 1.165) is 69.1 Å². The number of imide groups is 1. The molecule has 2 aliphatic heterocycles. The Bertz CT molecular complexity index is 1360. The number of carbonyl (C=O) groups excluding carboxylic acids is 2. The van der Waals surface area contributed by atoms with E-state index in [-0.39, 0.29) is 24.1 Å². The fraction of sp³-hybridized carbons (Fsp3) is 0.743. The van der Waals surface area contributed by atoms with Crippen LogP contribution in [-0.4, -0.2) is 95.3 Å². The molecule has 5 rings (SSSR count). The van der Waals surface area contributed by atoms with Crippen LogP contribution in [0.1, 0.15) is 89.7 Å². The van der Waals surface area contributed by atoms with Gasteiger partial charge in [0.15, 0.2) is 0 Å². The van der Waals surface area contributed by atoms with Crippen molar-refractivity contribution in [2.24, 2.45) is 13.0 Å². The standard InChI is InChI=1S/C35H57N7O4/c1-5-8-27(6-2)37-38-28-13-10-26(11-14-28)22-39(3)23-29-24-41(19-20-46-29)18-7-9-25-12-15-30-32(21-25)40(4)35(45)42(30)31-16-17-33(43)36-34(31)44/h12,15,21,26-29,31,37-38H,5-11,13-14,16-20,22-24H2,1-4H3,(H,36,43,44)/t26?,27?,28?,29-,31?/m1/s1. The average Bonchev–Trinajstić information content (AvgIpc) is 3.28. The highest BCUT2D eigenvalue weighted by Crippen LogP contribution is 2.26. The Morgan fingerprint density at radius 1 is 1.07 bits per heavy atom. The molecule has 2 saturated heterocycles. The Kier molecular flexibility index (Phi) is 12.5. The van der Waals surface area contributed by atoms with Gasteiger partial charge >= 0.3 is 5.69 Å². The van der Waals surface area contributed by atoms with Gasteiger partial charge in [0.2, 0.25) is 11.8 Å². The van der Waals surface area contributed by atoms with Crippen LogP contribution in [-0.2, 0) is 27.8 Å². The lowest BCUT2D eigenvalue weighted by Gasteiger charge is -2.37. The lowest BCUT2D eigenvalue weighted by Crippen LogP contribution is -2.49. The van der Waals surface area contributed by atoms with Crippen LogP contribution < -0.4 is 21.9 Å². The van der Waals surface area contributed by atoms with Crippen LogP contribution in [0.3, 0.4) is 0 Å². The number of imidazole rings is 1. The molecular formula is C35H57N7O4. The molecule has 2 amide bonds. The molecule has 256 valence electrons. The number of piperidine rings is 1. The molecule has 2 aromatic rings. The molecule has 0 bridgehead atoms. The number of nitrogens with one attached hydrogen (secondary N) is 3. The number of aryl methyl sites for hydroxylation is 2. The molecule has 0 radical (unpaired) electrons. The van der Waals surface area contributed by atoms with E-state index < -0.39 is 11.9 Å².